The molecule has 1 N–H and O–H groups in total. The van der Waals surface area contributed by atoms with Crippen LogP contribution in [0.2, 0.25) is 0 Å². The van der Waals surface area contributed by atoms with Gasteiger partial charge in [-0.1, -0.05) is 0 Å². The first-order valence-corrected chi connectivity index (χ1v) is 6.70. The molecule has 1 aromatic rings. The van der Waals surface area contributed by atoms with Crippen LogP contribution in [0.3, 0.4) is 0 Å². The Morgan fingerprint density at radius 2 is 2.29 bits per heavy atom. The number of nitrogens with one attached hydrogen (secondary N) is 1. The first-order chi connectivity index (χ1) is 8.20. The Morgan fingerprint density at radius 1 is 1.59 bits per heavy atom. The summed E-state index contributed by atoms with van der Waals surface area (Å²) in [6.07, 6.45) is 1.76. The third-order valence-corrected chi connectivity index (χ3v) is 3.95. The molecule has 2 rings (SSSR count). The van der Waals surface area contributed by atoms with E-state index in [4.69, 9.17) is 0 Å². The van der Waals surface area contributed by atoms with Gasteiger partial charge in [-0.25, -0.2) is 4.98 Å². The quantitative estimate of drug-likeness (QED) is 0.848. The van der Waals surface area contributed by atoms with Crippen molar-refractivity contribution in [2.24, 2.45) is 0 Å². The van der Waals surface area contributed by atoms with Crippen LogP contribution in [-0.2, 0) is 4.79 Å². The second-order valence-electron chi connectivity index (χ2n) is 4.18. The molecule has 1 amide bonds. The number of hydrogen-bond donors (Lipinski definition) is 1. The highest BCUT2D eigenvalue weighted by Crippen LogP contribution is 2.18. The largest absolute Gasteiger partial charge is 0.339 e. The molecule has 0 spiro atoms. The fourth-order valence-electron chi connectivity index (χ4n) is 1.87. The maximum atomic E-state index is 12.3. The van der Waals surface area contributed by atoms with E-state index in [1.54, 1.807) is 17.5 Å². The van der Waals surface area contributed by atoms with Gasteiger partial charge in [-0.15, -0.1) is 11.3 Å². The third-order valence-electron chi connectivity index (χ3n) is 3.09. The number of amides is 1. The molecule has 1 aliphatic rings. The SMILES string of the molecule is CC(C(=O)N1CCNCC1)N(C)c1nccs1. The van der Waals surface area contributed by atoms with Crippen LogP contribution in [0.15, 0.2) is 11.6 Å². The number of nitrogens with zero attached hydrogens (tertiary/aromatic N) is 3. The molecule has 0 aromatic carbocycles. The minimum Gasteiger partial charge on any atom is -0.339 e. The molecule has 1 unspecified atom stereocenters. The molecule has 1 fully saturated rings. The summed E-state index contributed by atoms with van der Waals surface area (Å²) in [5.41, 5.74) is 0. The molecule has 17 heavy (non-hydrogen) atoms. The van der Waals surface area contributed by atoms with Crippen molar-refractivity contribution in [3.63, 3.8) is 0 Å². The Balaban J connectivity index is 1.98. The summed E-state index contributed by atoms with van der Waals surface area (Å²) in [5.74, 6) is 0.184. The van der Waals surface area contributed by atoms with Crippen molar-refractivity contribution in [3.8, 4) is 0 Å². The Bertz CT molecular complexity index is 362. The smallest absolute Gasteiger partial charge is 0.245 e. The highest BCUT2D eigenvalue weighted by Gasteiger charge is 2.25. The molecule has 1 aromatic heterocycles. The number of carbonyl (C=O) groups excluding carboxylic acids is 1. The van der Waals surface area contributed by atoms with E-state index in [0.717, 1.165) is 31.3 Å². The topological polar surface area (TPSA) is 48.5 Å². The normalized spacial score (nSPS) is 17.9. The van der Waals surface area contributed by atoms with Crippen molar-refractivity contribution in [3.05, 3.63) is 11.6 Å². The molecular formula is C11H18N4OS. The molecule has 2 heterocycles. The van der Waals surface area contributed by atoms with Crippen molar-refractivity contribution in [2.75, 3.05) is 38.1 Å². The molecule has 0 radical (unpaired) electrons. The molecule has 94 valence electrons. The maximum absolute atomic E-state index is 12.3. The fourth-order valence-corrected chi connectivity index (χ4v) is 2.56. The summed E-state index contributed by atoms with van der Waals surface area (Å²) in [6.45, 7) is 5.31. The van der Waals surface area contributed by atoms with Gasteiger partial charge in [-0.3, -0.25) is 4.79 Å². The van der Waals surface area contributed by atoms with Gasteiger partial charge in [0.2, 0.25) is 5.91 Å². The van der Waals surface area contributed by atoms with E-state index in [-0.39, 0.29) is 11.9 Å². The number of rotatable bonds is 3. The van der Waals surface area contributed by atoms with Crippen molar-refractivity contribution in [1.29, 1.82) is 0 Å². The molecular weight excluding hydrogens is 236 g/mol. The lowest BCUT2D eigenvalue weighted by molar-refractivity contribution is -0.132. The van der Waals surface area contributed by atoms with Crippen molar-refractivity contribution >= 4 is 22.4 Å². The Kier molecular flexibility index (Phi) is 3.96. The molecule has 0 saturated carbocycles. The predicted octanol–water partition coefficient (Wildman–Crippen LogP) is 0.400. The van der Waals surface area contributed by atoms with Crippen LogP contribution >= 0.6 is 11.3 Å². The lowest BCUT2D eigenvalue weighted by atomic mass is 10.2. The lowest BCUT2D eigenvalue weighted by Crippen LogP contribution is -2.52. The third kappa shape index (κ3) is 2.76. The summed E-state index contributed by atoms with van der Waals surface area (Å²) in [5, 5.41) is 6.06. The van der Waals surface area contributed by atoms with Gasteiger partial charge in [0.25, 0.3) is 0 Å². The van der Waals surface area contributed by atoms with Crippen LogP contribution in [-0.4, -0.2) is 55.1 Å². The van der Waals surface area contributed by atoms with E-state index in [0.29, 0.717) is 0 Å². The average molecular weight is 254 g/mol. The number of thiazole rings is 1. The second-order valence-corrected chi connectivity index (χ2v) is 5.05. The zero-order chi connectivity index (χ0) is 12.3. The van der Waals surface area contributed by atoms with Crippen LogP contribution in [0.5, 0.6) is 0 Å². The van der Waals surface area contributed by atoms with Crippen LogP contribution < -0.4 is 10.2 Å². The van der Waals surface area contributed by atoms with Crippen LogP contribution in [0.25, 0.3) is 0 Å². The summed E-state index contributed by atoms with van der Waals surface area (Å²) < 4.78 is 0. The molecule has 5 nitrogen and oxygen atoms in total. The Labute approximate surface area is 105 Å². The maximum Gasteiger partial charge on any atom is 0.245 e. The van der Waals surface area contributed by atoms with Gasteiger partial charge < -0.3 is 15.1 Å². The summed E-state index contributed by atoms with van der Waals surface area (Å²) in [4.78, 5) is 20.4. The zero-order valence-corrected chi connectivity index (χ0v) is 11.0. The van der Waals surface area contributed by atoms with E-state index in [2.05, 4.69) is 10.3 Å². The van der Waals surface area contributed by atoms with Gasteiger partial charge in [0.05, 0.1) is 0 Å². The monoisotopic (exact) mass is 254 g/mol. The minimum atomic E-state index is -0.153. The molecule has 1 saturated heterocycles. The van der Waals surface area contributed by atoms with E-state index < -0.39 is 0 Å². The van der Waals surface area contributed by atoms with Gasteiger partial charge >= 0.3 is 0 Å². The van der Waals surface area contributed by atoms with Crippen LogP contribution in [0.1, 0.15) is 6.92 Å². The Morgan fingerprint density at radius 3 is 2.88 bits per heavy atom. The first-order valence-electron chi connectivity index (χ1n) is 5.82. The number of likely N-dealkylation sites (N-methyl/N-ethyl adjacent to an activating group) is 1. The van der Waals surface area contributed by atoms with Crippen LogP contribution in [0.4, 0.5) is 5.13 Å². The Hall–Kier alpha value is -1.14. The molecule has 1 atom stereocenters. The number of piperazine rings is 1. The summed E-state index contributed by atoms with van der Waals surface area (Å²) in [6, 6.07) is -0.153. The molecule has 0 bridgehead atoms. The molecule has 6 heteroatoms. The predicted molar refractivity (Wildman–Crippen MR) is 69.4 cm³/mol. The second kappa shape index (κ2) is 5.46. The minimum absolute atomic E-state index is 0.153. The van der Waals surface area contributed by atoms with Gasteiger partial charge in [-0.2, -0.15) is 0 Å². The van der Waals surface area contributed by atoms with Crippen molar-refractivity contribution in [1.82, 2.24) is 15.2 Å². The average Bonchev–Trinajstić information content (AvgIpc) is 2.91. The van der Waals surface area contributed by atoms with Gasteiger partial charge in [-0.05, 0) is 6.92 Å². The standard InChI is InChI=1S/C11H18N4OS/c1-9(14(2)11-13-5-8-17-11)10(16)15-6-3-12-4-7-15/h5,8-9,12H,3-4,6-7H2,1-2H3. The van der Waals surface area contributed by atoms with Crippen molar-refractivity contribution in [2.45, 2.75) is 13.0 Å². The van der Waals surface area contributed by atoms with Crippen LogP contribution in [0, 0.1) is 0 Å². The number of hydrogen-bond acceptors (Lipinski definition) is 5. The van der Waals surface area contributed by atoms with Gasteiger partial charge in [0.15, 0.2) is 5.13 Å². The number of carbonyl (C=O) groups is 1. The van der Waals surface area contributed by atoms with Gasteiger partial charge in [0, 0.05) is 44.8 Å². The van der Waals surface area contributed by atoms with E-state index in [9.17, 15) is 4.79 Å². The first kappa shape index (κ1) is 12.3. The molecule has 1 aliphatic heterocycles. The highest BCUT2D eigenvalue weighted by atomic mass is 32.1. The highest BCUT2D eigenvalue weighted by molar-refractivity contribution is 7.13. The van der Waals surface area contributed by atoms with E-state index in [1.807, 2.05) is 29.2 Å². The van der Waals surface area contributed by atoms with Crippen molar-refractivity contribution < 1.29 is 4.79 Å². The summed E-state index contributed by atoms with van der Waals surface area (Å²) in [7, 11) is 1.92. The number of anilines is 1. The van der Waals surface area contributed by atoms with E-state index in [1.165, 1.54) is 0 Å². The van der Waals surface area contributed by atoms with E-state index >= 15 is 0 Å². The van der Waals surface area contributed by atoms with Gasteiger partial charge in [0.1, 0.15) is 6.04 Å². The molecule has 0 aliphatic carbocycles. The summed E-state index contributed by atoms with van der Waals surface area (Å²) >= 11 is 1.56. The zero-order valence-electron chi connectivity index (χ0n) is 10.2. The number of aromatic nitrogens is 1. The lowest BCUT2D eigenvalue weighted by Gasteiger charge is -2.32. The fraction of sp³-hybridized carbons (Fsp3) is 0.636.